The summed E-state index contributed by atoms with van der Waals surface area (Å²) in [6.07, 6.45) is 2.79. The number of benzene rings is 1. The highest BCUT2D eigenvalue weighted by Gasteiger charge is 2.10. The van der Waals surface area contributed by atoms with Gasteiger partial charge in [-0.1, -0.05) is 12.1 Å². The Morgan fingerprint density at radius 3 is 2.45 bits per heavy atom. The van der Waals surface area contributed by atoms with Gasteiger partial charge in [0, 0.05) is 18.4 Å². The lowest BCUT2D eigenvalue weighted by molar-refractivity contribution is 0.102. The predicted octanol–water partition coefficient (Wildman–Crippen LogP) is 2.69. The van der Waals surface area contributed by atoms with Crippen molar-refractivity contribution in [2.45, 2.75) is 19.9 Å². The van der Waals surface area contributed by atoms with E-state index in [1.165, 1.54) is 24.5 Å². The zero-order chi connectivity index (χ0) is 14.5. The fourth-order valence-electron chi connectivity index (χ4n) is 1.54. The molecule has 104 valence electrons. The lowest BCUT2D eigenvalue weighted by atomic mass is 10.2. The van der Waals surface area contributed by atoms with Gasteiger partial charge in [-0.2, -0.15) is 0 Å². The normalized spacial score (nSPS) is 10.4. The van der Waals surface area contributed by atoms with Crippen LogP contribution in [0.2, 0.25) is 0 Å². The molecule has 0 unspecified atom stereocenters. The van der Waals surface area contributed by atoms with E-state index in [0.29, 0.717) is 5.95 Å². The molecule has 0 aliphatic rings. The monoisotopic (exact) mass is 274 g/mol. The summed E-state index contributed by atoms with van der Waals surface area (Å²) in [5, 5.41) is 5.49. The minimum atomic E-state index is -0.486. The smallest absolute Gasteiger partial charge is 0.258 e. The van der Waals surface area contributed by atoms with Gasteiger partial charge in [0.25, 0.3) is 5.91 Å². The van der Waals surface area contributed by atoms with Gasteiger partial charge in [0.15, 0.2) is 0 Å². The van der Waals surface area contributed by atoms with E-state index in [9.17, 15) is 9.18 Å². The Morgan fingerprint density at radius 1 is 1.20 bits per heavy atom. The lowest BCUT2D eigenvalue weighted by Gasteiger charge is -2.08. The largest absolute Gasteiger partial charge is 0.352 e. The number of para-hydroxylation sites is 1. The maximum atomic E-state index is 13.4. The molecule has 0 spiro atoms. The first-order chi connectivity index (χ1) is 9.56. The van der Waals surface area contributed by atoms with Crippen molar-refractivity contribution in [1.82, 2.24) is 9.97 Å². The van der Waals surface area contributed by atoms with Crippen LogP contribution in [0.15, 0.2) is 36.7 Å². The Labute approximate surface area is 116 Å². The molecule has 2 aromatic rings. The zero-order valence-electron chi connectivity index (χ0n) is 11.2. The zero-order valence-corrected chi connectivity index (χ0v) is 11.2. The van der Waals surface area contributed by atoms with Gasteiger partial charge in [0.1, 0.15) is 5.82 Å². The molecule has 0 aliphatic carbocycles. The average molecular weight is 274 g/mol. The summed E-state index contributed by atoms with van der Waals surface area (Å²) >= 11 is 0. The second-order valence-corrected chi connectivity index (χ2v) is 4.53. The van der Waals surface area contributed by atoms with Crippen LogP contribution in [-0.4, -0.2) is 21.9 Å². The average Bonchev–Trinajstić information content (AvgIpc) is 2.41. The molecule has 2 N–H and O–H groups in total. The molecule has 6 heteroatoms. The topological polar surface area (TPSA) is 66.9 Å². The Kier molecular flexibility index (Phi) is 4.24. The summed E-state index contributed by atoms with van der Waals surface area (Å²) in [7, 11) is 0. The third kappa shape index (κ3) is 3.50. The van der Waals surface area contributed by atoms with Crippen LogP contribution in [0.5, 0.6) is 0 Å². The molecule has 0 atom stereocenters. The number of nitrogens with zero attached hydrogens (tertiary/aromatic N) is 2. The first kappa shape index (κ1) is 13.9. The molecule has 0 aliphatic heterocycles. The molecule has 20 heavy (non-hydrogen) atoms. The highest BCUT2D eigenvalue weighted by atomic mass is 19.1. The highest BCUT2D eigenvalue weighted by molar-refractivity contribution is 6.03. The molecule has 1 heterocycles. The van der Waals surface area contributed by atoms with E-state index < -0.39 is 11.7 Å². The summed E-state index contributed by atoms with van der Waals surface area (Å²) in [6.45, 7) is 3.92. The summed E-state index contributed by atoms with van der Waals surface area (Å²) in [5.41, 5.74) is 0.393. The number of carbonyl (C=O) groups excluding carboxylic acids is 1. The molecule has 0 saturated heterocycles. The van der Waals surface area contributed by atoms with Gasteiger partial charge < -0.3 is 10.6 Å². The molecule has 1 amide bonds. The molecule has 5 nitrogen and oxygen atoms in total. The van der Waals surface area contributed by atoms with E-state index in [4.69, 9.17) is 0 Å². The van der Waals surface area contributed by atoms with Crippen LogP contribution in [0, 0.1) is 5.82 Å². The van der Waals surface area contributed by atoms with Gasteiger partial charge in [-0.05, 0) is 26.0 Å². The van der Waals surface area contributed by atoms with Crippen molar-refractivity contribution in [1.29, 1.82) is 0 Å². The third-order valence-corrected chi connectivity index (χ3v) is 2.45. The lowest BCUT2D eigenvalue weighted by Crippen LogP contribution is -2.16. The van der Waals surface area contributed by atoms with E-state index in [2.05, 4.69) is 20.6 Å². The summed E-state index contributed by atoms with van der Waals surface area (Å²) in [4.78, 5) is 20.0. The Balaban J connectivity index is 2.08. The van der Waals surface area contributed by atoms with Gasteiger partial charge in [-0.3, -0.25) is 4.79 Å². The number of aromatic nitrogens is 2. The van der Waals surface area contributed by atoms with Crippen molar-refractivity contribution in [2.24, 2.45) is 0 Å². The fourth-order valence-corrected chi connectivity index (χ4v) is 1.54. The van der Waals surface area contributed by atoms with Crippen LogP contribution < -0.4 is 10.6 Å². The molecule has 0 bridgehead atoms. The second-order valence-electron chi connectivity index (χ2n) is 4.53. The SMILES string of the molecule is CC(C)Nc1ncc(C(=O)Nc2ccccc2F)cn1. The van der Waals surface area contributed by atoms with Crippen molar-refractivity contribution in [3.8, 4) is 0 Å². The highest BCUT2D eigenvalue weighted by Crippen LogP contribution is 2.13. The molecule has 0 saturated carbocycles. The van der Waals surface area contributed by atoms with Crippen LogP contribution in [0.4, 0.5) is 16.0 Å². The molecule has 1 aromatic heterocycles. The number of carbonyl (C=O) groups is 1. The summed E-state index contributed by atoms with van der Waals surface area (Å²) < 4.78 is 13.4. The Hall–Kier alpha value is -2.50. The predicted molar refractivity (Wildman–Crippen MR) is 75.1 cm³/mol. The third-order valence-electron chi connectivity index (χ3n) is 2.45. The number of nitrogens with one attached hydrogen (secondary N) is 2. The van der Waals surface area contributed by atoms with Crippen LogP contribution in [0.1, 0.15) is 24.2 Å². The van der Waals surface area contributed by atoms with Crippen LogP contribution in [0.25, 0.3) is 0 Å². The van der Waals surface area contributed by atoms with E-state index in [0.717, 1.165) is 0 Å². The number of amides is 1. The van der Waals surface area contributed by atoms with Crippen LogP contribution >= 0.6 is 0 Å². The molecule has 1 aromatic carbocycles. The second kappa shape index (κ2) is 6.10. The van der Waals surface area contributed by atoms with Gasteiger partial charge >= 0.3 is 0 Å². The van der Waals surface area contributed by atoms with Crippen molar-refractivity contribution < 1.29 is 9.18 Å². The van der Waals surface area contributed by atoms with E-state index in [-0.39, 0.29) is 17.3 Å². The van der Waals surface area contributed by atoms with Gasteiger partial charge in [0.2, 0.25) is 5.95 Å². The quantitative estimate of drug-likeness (QED) is 0.899. The van der Waals surface area contributed by atoms with E-state index in [1.807, 2.05) is 13.8 Å². The number of halogens is 1. The van der Waals surface area contributed by atoms with E-state index >= 15 is 0 Å². The van der Waals surface area contributed by atoms with Gasteiger partial charge in [-0.25, -0.2) is 14.4 Å². The maximum absolute atomic E-state index is 13.4. The van der Waals surface area contributed by atoms with E-state index in [1.54, 1.807) is 12.1 Å². The first-order valence-electron chi connectivity index (χ1n) is 6.20. The fraction of sp³-hybridized carbons (Fsp3) is 0.214. The number of rotatable bonds is 4. The van der Waals surface area contributed by atoms with Crippen LogP contribution in [0.3, 0.4) is 0 Å². The van der Waals surface area contributed by atoms with Crippen molar-refractivity contribution >= 4 is 17.5 Å². The minimum absolute atomic E-state index is 0.127. The van der Waals surface area contributed by atoms with Crippen molar-refractivity contribution in [2.75, 3.05) is 10.6 Å². The number of anilines is 2. The minimum Gasteiger partial charge on any atom is -0.352 e. The van der Waals surface area contributed by atoms with Gasteiger partial charge in [0.05, 0.1) is 11.3 Å². The van der Waals surface area contributed by atoms with Crippen molar-refractivity contribution in [3.05, 3.63) is 48.0 Å². The van der Waals surface area contributed by atoms with Crippen LogP contribution in [-0.2, 0) is 0 Å². The Morgan fingerprint density at radius 2 is 1.85 bits per heavy atom. The molecule has 0 radical (unpaired) electrons. The maximum Gasteiger partial charge on any atom is 0.258 e. The molecular weight excluding hydrogens is 259 g/mol. The number of hydrogen-bond acceptors (Lipinski definition) is 4. The summed E-state index contributed by atoms with van der Waals surface area (Å²) in [6, 6.07) is 6.17. The first-order valence-corrected chi connectivity index (χ1v) is 6.20. The molecule has 0 fully saturated rings. The molecular formula is C14H15FN4O. The number of hydrogen-bond donors (Lipinski definition) is 2. The Bertz CT molecular complexity index is 598. The summed E-state index contributed by atoms with van der Waals surface area (Å²) in [5.74, 6) is -0.492. The standard InChI is InChI=1S/C14H15FN4O/c1-9(2)18-14-16-7-10(8-17-14)13(20)19-12-6-4-3-5-11(12)15/h3-9H,1-2H3,(H,19,20)(H,16,17,18). The molecule has 2 rings (SSSR count). The van der Waals surface area contributed by atoms with Crippen molar-refractivity contribution in [3.63, 3.8) is 0 Å². The van der Waals surface area contributed by atoms with Gasteiger partial charge in [-0.15, -0.1) is 0 Å².